The second-order valence-electron chi connectivity index (χ2n) is 14.1. The van der Waals surface area contributed by atoms with Gasteiger partial charge in [-0.15, -0.1) is 9.46 Å². The molecule has 0 spiro atoms. The minimum atomic E-state index is -0.860. The molecule has 2 atom stereocenters. The number of amides is 4. The molecule has 6 N–H and O–H groups in total. The van der Waals surface area contributed by atoms with Crippen LogP contribution < -0.4 is 52.7 Å². The van der Waals surface area contributed by atoms with Gasteiger partial charge in [0.2, 0.25) is 0 Å². The van der Waals surface area contributed by atoms with E-state index in [0.29, 0.717) is 39.0 Å². The van der Waals surface area contributed by atoms with E-state index in [1.54, 1.807) is 24.3 Å². The van der Waals surface area contributed by atoms with E-state index in [-0.39, 0.29) is 48.9 Å². The second-order valence-corrected chi connectivity index (χ2v) is 14.1. The summed E-state index contributed by atoms with van der Waals surface area (Å²) in [5, 5.41) is 17.9. The van der Waals surface area contributed by atoms with Crippen molar-refractivity contribution < 1.29 is 33.6 Å². The average molecular weight is 811 g/mol. The molecule has 17 heteroatoms. The Kier molecular flexibility index (Phi) is 15.4. The molecule has 0 saturated carbocycles. The third-order valence-corrected chi connectivity index (χ3v) is 9.75. The fourth-order valence-electron chi connectivity index (χ4n) is 6.50. The smallest absolute Gasteiger partial charge is 0.296 e. The molecular weight excluding hydrogens is 761 g/mol. The minimum Gasteiger partial charge on any atom is -0.405 e. The van der Waals surface area contributed by atoms with Crippen molar-refractivity contribution in [3.8, 4) is 0 Å². The van der Waals surface area contributed by atoms with Gasteiger partial charge in [-0.05, 0) is 87.3 Å². The van der Waals surface area contributed by atoms with Gasteiger partial charge in [-0.1, -0.05) is 60.7 Å². The quantitative estimate of drug-likeness (QED) is 0.157. The van der Waals surface area contributed by atoms with Gasteiger partial charge in [0.05, 0.1) is 25.3 Å². The molecule has 4 aliphatic heterocycles. The SMILES string of the molecule is O=C1N[C@H]2COC[C@H]2NC(=O)c2ccc(n(OCc3ccccc3)c2=O)C(=O)NCCCNCCCCNCCCNC(=O)c2ccc1c(=O)n2OCc1ccccc1. The number of benzene rings is 2. The Balaban J connectivity index is 1.24. The number of aromatic nitrogens is 2. The molecule has 0 radical (unpaired) electrons. The first-order valence-electron chi connectivity index (χ1n) is 19.8. The Hall–Kier alpha value is -6.30. The van der Waals surface area contributed by atoms with Gasteiger partial charge in [0.15, 0.2) is 0 Å². The van der Waals surface area contributed by atoms with Crippen molar-refractivity contribution in [2.45, 2.75) is 51.0 Å². The molecule has 4 aromatic rings. The molecule has 59 heavy (non-hydrogen) atoms. The Morgan fingerprint density at radius 2 is 0.898 bits per heavy atom. The van der Waals surface area contributed by atoms with Crippen LogP contribution in [0.4, 0.5) is 0 Å². The number of nitrogens with zero attached hydrogens (tertiary/aromatic N) is 2. The Bertz CT molecular complexity index is 2030. The predicted octanol–water partition coefficient (Wildman–Crippen LogP) is 0.408. The lowest BCUT2D eigenvalue weighted by Gasteiger charge is -2.21. The van der Waals surface area contributed by atoms with Crippen molar-refractivity contribution in [1.82, 2.24) is 41.4 Å². The maximum Gasteiger partial charge on any atom is 0.296 e. The van der Waals surface area contributed by atoms with Crippen LogP contribution in [0.15, 0.2) is 94.5 Å². The molecule has 1 saturated heterocycles. The zero-order valence-electron chi connectivity index (χ0n) is 32.7. The molecule has 6 heterocycles. The summed E-state index contributed by atoms with van der Waals surface area (Å²) in [4.78, 5) is 93.4. The van der Waals surface area contributed by atoms with Gasteiger partial charge in [-0.2, -0.15) is 0 Å². The number of nitrogens with one attached hydrogen (secondary N) is 6. The summed E-state index contributed by atoms with van der Waals surface area (Å²) in [7, 11) is 0. The van der Waals surface area contributed by atoms with Crippen LogP contribution in [-0.2, 0) is 18.0 Å². The molecule has 0 aliphatic carbocycles. The molecule has 4 bridgehead atoms. The average Bonchev–Trinajstić information content (AvgIpc) is 3.68. The number of rotatable bonds is 6. The first kappa shape index (κ1) is 42.3. The molecule has 8 rings (SSSR count). The highest BCUT2D eigenvalue weighted by atomic mass is 16.7. The number of carbonyl (C=O) groups is 4. The van der Waals surface area contributed by atoms with Crippen molar-refractivity contribution in [3.05, 3.63) is 139 Å². The van der Waals surface area contributed by atoms with E-state index in [2.05, 4.69) is 31.9 Å². The van der Waals surface area contributed by atoms with Crippen LogP contribution in [0.2, 0.25) is 0 Å². The highest BCUT2D eigenvalue weighted by Crippen LogP contribution is 2.11. The number of pyridine rings is 2. The maximum atomic E-state index is 13.8. The minimum absolute atomic E-state index is 0.0101. The van der Waals surface area contributed by atoms with Crippen LogP contribution in [0.1, 0.15) is 78.5 Å². The summed E-state index contributed by atoms with van der Waals surface area (Å²) >= 11 is 0. The number of hydrogen-bond donors (Lipinski definition) is 6. The lowest BCUT2D eigenvalue weighted by molar-refractivity contribution is 0.0691. The van der Waals surface area contributed by atoms with Crippen molar-refractivity contribution in [3.63, 3.8) is 0 Å². The first-order chi connectivity index (χ1) is 28.8. The van der Waals surface area contributed by atoms with E-state index in [9.17, 15) is 28.8 Å². The van der Waals surface area contributed by atoms with Crippen LogP contribution in [0.3, 0.4) is 0 Å². The fourth-order valence-corrected chi connectivity index (χ4v) is 6.50. The first-order valence-corrected chi connectivity index (χ1v) is 19.8. The Morgan fingerprint density at radius 1 is 0.492 bits per heavy atom. The number of fused-ring (bicyclic) bond motifs is 2. The van der Waals surface area contributed by atoms with Gasteiger partial charge >= 0.3 is 0 Å². The topological polar surface area (TPSA) is 212 Å². The van der Waals surface area contributed by atoms with E-state index in [1.165, 1.54) is 24.3 Å². The van der Waals surface area contributed by atoms with E-state index in [4.69, 9.17) is 14.4 Å². The summed E-state index contributed by atoms with van der Waals surface area (Å²) < 4.78 is 7.24. The summed E-state index contributed by atoms with van der Waals surface area (Å²) in [5.41, 5.74) is -1.03. The van der Waals surface area contributed by atoms with Gasteiger partial charge < -0.3 is 46.3 Å². The lowest BCUT2D eigenvalue weighted by atomic mass is 10.1. The second kappa shape index (κ2) is 21.5. The van der Waals surface area contributed by atoms with Crippen LogP contribution in [-0.4, -0.2) is 97.7 Å². The Labute approximate surface area is 340 Å². The molecule has 17 nitrogen and oxygen atoms in total. The van der Waals surface area contributed by atoms with Crippen LogP contribution in [0.5, 0.6) is 0 Å². The zero-order chi connectivity index (χ0) is 41.4. The number of carbonyl (C=O) groups excluding carboxylic acids is 4. The summed E-state index contributed by atoms with van der Waals surface area (Å²) in [5.74, 6) is -2.67. The standard InChI is InChI=1S/C42H50N8O9/c51-37-31-15-17-35(49(41(31)55)58-25-29-11-3-1-4-12-29)39(53)45-23-9-21-43-19-7-8-20-44-22-10-24-46-40(54)36-18-16-32(38(52)48-34-28-57-27-33(34)47-37)42(56)50(36)59-26-30-13-5-2-6-14-30/h1-6,11-18,33-34,43-44H,7-10,19-28H2,(H,45,53)(H,46,54)(H,47,51)(H,48,52)/t33-,34+. The predicted molar refractivity (Wildman–Crippen MR) is 217 cm³/mol. The third kappa shape index (κ3) is 11.6. The molecule has 2 aromatic heterocycles. The van der Waals surface area contributed by atoms with E-state index in [1.807, 2.05) is 36.4 Å². The van der Waals surface area contributed by atoms with E-state index >= 15 is 0 Å². The maximum absolute atomic E-state index is 13.8. The molecule has 4 aliphatic rings. The van der Waals surface area contributed by atoms with Crippen molar-refractivity contribution in [2.75, 3.05) is 52.5 Å². The van der Waals surface area contributed by atoms with E-state index < -0.39 is 46.8 Å². The van der Waals surface area contributed by atoms with Crippen molar-refractivity contribution in [1.29, 1.82) is 0 Å². The Morgan fingerprint density at radius 3 is 1.32 bits per heavy atom. The largest absolute Gasteiger partial charge is 0.405 e. The normalized spacial score (nSPS) is 19.1. The highest BCUT2D eigenvalue weighted by molar-refractivity contribution is 5.98. The van der Waals surface area contributed by atoms with Crippen molar-refractivity contribution >= 4 is 23.6 Å². The van der Waals surface area contributed by atoms with Gasteiger partial charge in [0.1, 0.15) is 35.7 Å². The fraction of sp³-hybridized carbons (Fsp3) is 0.381. The zero-order valence-corrected chi connectivity index (χ0v) is 32.7. The lowest BCUT2D eigenvalue weighted by Crippen LogP contribution is -2.52. The van der Waals surface area contributed by atoms with Crippen LogP contribution in [0.25, 0.3) is 0 Å². The molecule has 0 unspecified atom stereocenters. The molecule has 1 fully saturated rings. The number of hydrogen-bond acceptors (Lipinski definition) is 11. The van der Waals surface area contributed by atoms with Crippen molar-refractivity contribution in [2.24, 2.45) is 0 Å². The summed E-state index contributed by atoms with van der Waals surface area (Å²) in [6.45, 7) is 3.48. The van der Waals surface area contributed by atoms with Gasteiger partial charge in [0.25, 0.3) is 34.7 Å². The van der Waals surface area contributed by atoms with E-state index in [0.717, 1.165) is 46.5 Å². The molecular formula is C42H50N8O9. The molecule has 312 valence electrons. The van der Waals surface area contributed by atoms with Gasteiger partial charge in [-0.3, -0.25) is 28.8 Å². The van der Waals surface area contributed by atoms with Crippen LogP contribution >= 0.6 is 0 Å². The van der Waals surface area contributed by atoms with Gasteiger partial charge in [0, 0.05) is 13.1 Å². The third-order valence-electron chi connectivity index (χ3n) is 9.75. The monoisotopic (exact) mass is 810 g/mol. The van der Waals surface area contributed by atoms with Gasteiger partial charge in [-0.25, -0.2) is 0 Å². The summed E-state index contributed by atoms with van der Waals surface area (Å²) in [6, 6.07) is 21.7. The molecule has 4 amide bonds. The highest BCUT2D eigenvalue weighted by Gasteiger charge is 2.33. The summed E-state index contributed by atoms with van der Waals surface area (Å²) in [6.07, 6.45) is 3.16. The molecule has 2 aromatic carbocycles. The van der Waals surface area contributed by atoms with Crippen LogP contribution in [0, 0.1) is 0 Å². The number of ether oxygens (including phenoxy) is 1.